The highest BCUT2D eigenvalue weighted by molar-refractivity contribution is 5.92. The number of carbonyl (C=O) groups is 1. The summed E-state index contributed by atoms with van der Waals surface area (Å²) < 4.78 is 24.5. The number of nitrogens with zero attached hydrogens (tertiary/aromatic N) is 3. The molecule has 0 radical (unpaired) electrons. The van der Waals surface area contributed by atoms with Gasteiger partial charge in [-0.05, 0) is 43.3 Å². The van der Waals surface area contributed by atoms with Gasteiger partial charge in [0.05, 0.1) is 19.8 Å². The quantitative estimate of drug-likeness (QED) is 0.562. The third-order valence-corrected chi connectivity index (χ3v) is 6.46. The lowest BCUT2D eigenvalue weighted by Crippen LogP contribution is -2.55. The van der Waals surface area contributed by atoms with Crippen LogP contribution in [0.1, 0.15) is 6.92 Å². The molecule has 2 N–H and O–H groups in total. The molecular weight excluding hydrogens is 451 g/mol. The average molecular weight is 487 g/mol. The van der Waals surface area contributed by atoms with Crippen molar-refractivity contribution in [2.75, 3.05) is 75.9 Å². The molecule has 0 saturated carbocycles. The summed E-state index contributed by atoms with van der Waals surface area (Å²) >= 11 is 0. The third kappa shape index (κ3) is 7.38. The van der Waals surface area contributed by atoms with E-state index >= 15 is 0 Å². The van der Waals surface area contributed by atoms with Gasteiger partial charge in [-0.1, -0.05) is 12.1 Å². The lowest BCUT2D eigenvalue weighted by Gasteiger charge is -2.40. The molecule has 0 aliphatic carbocycles. The maximum Gasteiger partial charge on any atom is 0.238 e. The molecule has 35 heavy (non-hydrogen) atoms. The highest BCUT2D eigenvalue weighted by Crippen LogP contribution is 2.19. The number of piperazine rings is 1. The number of aliphatic hydroxyl groups is 1. The first-order valence-corrected chi connectivity index (χ1v) is 12.2. The second kappa shape index (κ2) is 12.3. The number of β-amino-alcohol motifs (C(OH)–C–C–N with tert-alkyl or cyclic N) is 1. The average Bonchev–Trinajstić information content (AvgIpc) is 2.86. The number of halogens is 1. The number of hydrogen-bond acceptors (Lipinski definition) is 7. The van der Waals surface area contributed by atoms with Crippen LogP contribution < -0.4 is 15.0 Å². The Morgan fingerprint density at radius 1 is 1.14 bits per heavy atom. The van der Waals surface area contributed by atoms with Gasteiger partial charge in [-0.2, -0.15) is 0 Å². The zero-order valence-corrected chi connectivity index (χ0v) is 20.2. The Labute approximate surface area is 206 Å². The van der Waals surface area contributed by atoms with Gasteiger partial charge in [0.15, 0.2) is 11.6 Å². The lowest BCUT2D eigenvalue weighted by atomic mass is 10.1. The Balaban J connectivity index is 1.17. The number of hydrogen-bond donors (Lipinski definition) is 2. The number of amides is 1. The van der Waals surface area contributed by atoms with Gasteiger partial charge in [0.25, 0.3) is 0 Å². The van der Waals surface area contributed by atoms with Gasteiger partial charge < -0.3 is 24.8 Å². The Kier molecular flexibility index (Phi) is 8.92. The van der Waals surface area contributed by atoms with Crippen molar-refractivity contribution in [3.8, 4) is 5.75 Å². The maximum atomic E-state index is 13.7. The summed E-state index contributed by atoms with van der Waals surface area (Å²) in [7, 11) is 0. The predicted octanol–water partition coefficient (Wildman–Crippen LogP) is 2.05. The molecule has 0 aromatic heterocycles. The molecule has 2 saturated heterocycles. The second-order valence-corrected chi connectivity index (χ2v) is 9.17. The van der Waals surface area contributed by atoms with Crippen molar-refractivity contribution in [1.29, 1.82) is 0 Å². The Bertz CT molecular complexity index is 955. The first-order chi connectivity index (χ1) is 17.0. The topological polar surface area (TPSA) is 77.5 Å². The summed E-state index contributed by atoms with van der Waals surface area (Å²) in [6.45, 7) is 8.30. The molecule has 0 spiro atoms. The van der Waals surface area contributed by atoms with E-state index in [0.717, 1.165) is 57.3 Å². The van der Waals surface area contributed by atoms with E-state index in [9.17, 15) is 14.3 Å². The van der Waals surface area contributed by atoms with E-state index in [-0.39, 0.29) is 24.3 Å². The van der Waals surface area contributed by atoms with Gasteiger partial charge in [-0.3, -0.25) is 14.6 Å². The Morgan fingerprint density at radius 2 is 1.89 bits per heavy atom. The molecule has 2 fully saturated rings. The van der Waals surface area contributed by atoms with E-state index in [1.807, 2.05) is 24.3 Å². The summed E-state index contributed by atoms with van der Waals surface area (Å²) in [4.78, 5) is 19.2. The fraction of sp³-hybridized carbons (Fsp3) is 0.500. The molecule has 2 aliphatic rings. The molecule has 0 bridgehead atoms. The van der Waals surface area contributed by atoms with E-state index < -0.39 is 11.9 Å². The van der Waals surface area contributed by atoms with Crippen LogP contribution in [0.4, 0.5) is 15.8 Å². The minimum absolute atomic E-state index is 0.0284. The molecule has 2 aliphatic heterocycles. The van der Waals surface area contributed by atoms with Crippen LogP contribution in [-0.4, -0.2) is 98.6 Å². The first-order valence-electron chi connectivity index (χ1n) is 12.2. The van der Waals surface area contributed by atoms with Crippen molar-refractivity contribution in [3.05, 3.63) is 54.3 Å². The number of rotatable bonds is 9. The molecule has 9 heteroatoms. The summed E-state index contributed by atoms with van der Waals surface area (Å²) in [6.07, 6.45) is -0.729. The van der Waals surface area contributed by atoms with E-state index in [0.29, 0.717) is 13.1 Å². The van der Waals surface area contributed by atoms with Crippen LogP contribution in [0.25, 0.3) is 0 Å². The SMILES string of the molecule is C[C@H]1CN(CC(=O)Nc2ccc(N3CCOCC3)cc2)CCN1C[C@@H](O)COc1ccccc1F. The van der Waals surface area contributed by atoms with Crippen molar-refractivity contribution in [3.63, 3.8) is 0 Å². The summed E-state index contributed by atoms with van der Waals surface area (Å²) in [5, 5.41) is 13.4. The van der Waals surface area contributed by atoms with Crippen LogP contribution >= 0.6 is 0 Å². The second-order valence-electron chi connectivity index (χ2n) is 9.17. The standard InChI is InChI=1S/C26H35FN4O4/c1-20-16-29(10-11-31(20)17-23(32)19-35-25-5-3-2-4-24(25)27)18-26(33)28-21-6-8-22(9-7-21)30-12-14-34-15-13-30/h2-9,20,23,32H,10-19H2,1H3,(H,28,33)/t20-,23+/m0/s1. The number of benzene rings is 2. The van der Waals surface area contributed by atoms with E-state index in [1.165, 1.54) is 6.07 Å². The number of carbonyl (C=O) groups excluding carboxylic acids is 1. The minimum atomic E-state index is -0.729. The predicted molar refractivity (Wildman–Crippen MR) is 133 cm³/mol. The highest BCUT2D eigenvalue weighted by Gasteiger charge is 2.26. The van der Waals surface area contributed by atoms with Gasteiger partial charge in [-0.15, -0.1) is 0 Å². The molecule has 190 valence electrons. The lowest BCUT2D eigenvalue weighted by molar-refractivity contribution is -0.118. The Morgan fingerprint density at radius 3 is 2.60 bits per heavy atom. The number of nitrogens with one attached hydrogen (secondary N) is 1. The van der Waals surface area contributed by atoms with Gasteiger partial charge in [0.2, 0.25) is 5.91 Å². The van der Waals surface area contributed by atoms with Crippen LogP contribution in [0.3, 0.4) is 0 Å². The van der Waals surface area contributed by atoms with E-state index in [1.54, 1.807) is 18.2 Å². The van der Waals surface area contributed by atoms with Crippen LogP contribution in [0.5, 0.6) is 5.75 Å². The van der Waals surface area contributed by atoms with E-state index in [2.05, 4.69) is 26.9 Å². The van der Waals surface area contributed by atoms with Crippen molar-refractivity contribution in [1.82, 2.24) is 9.80 Å². The van der Waals surface area contributed by atoms with Crippen molar-refractivity contribution < 1.29 is 23.8 Å². The van der Waals surface area contributed by atoms with Gasteiger partial charge in [-0.25, -0.2) is 4.39 Å². The number of aliphatic hydroxyl groups excluding tert-OH is 1. The van der Waals surface area contributed by atoms with Crippen LogP contribution in [-0.2, 0) is 9.53 Å². The van der Waals surface area contributed by atoms with Crippen molar-refractivity contribution >= 4 is 17.3 Å². The van der Waals surface area contributed by atoms with Crippen LogP contribution in [0, 0.1) is 5.82 Å². The molecule has 1 amide bonds. The summed E-state index contributed by atoms with van der Waals surface area (Å²) in [5.74, 6) is -0.331. The summed E-state index contributed by atoms with van der Waals surface area (Å²) in [5.41, 5.74) is 1.93. The number of morpholine rings is 1. The zero-order chi connectivity index (χ0) is 24.6. The minimum Gasteiger partial charge on any atom is -0.488 e. The molecule has 0 unspecified atom stereocenters. The van der Waals surface area contributed by atoms with Crippen molar-refractivity contribution in [2.24, 2.45) is 0 Å². The smallest absolute Gasteiger partial charge is 0.238 e. The molecule has 2 aromatic carbocycles. The number of ether oxygens (including phenoxy) is 2. The molecule has 2 aromatic rings. The summed E-state index contributed by atoms with van der Waals surface area (Å²) in [6, 6.07) is 14.3. The zero-order valence-electron chi connectivity index (χ0n) is 20.2. The van der Waals surface area contributed by atoms with Gasteiger partial charge in [0.1, 0.15) is 12.7 Å². The largest absolute Gasteiger partial charge is 0.488 e. The van der Waals surface area contributed by atoms with Crippen molar-refractivity contribution in [2.45, 2.75) is 19.1 Å². The fourth-order valence-corrected chi connectivity index (χ4v) is 4.54. The monoisotopic (exact) mass is 486 g/mol. The first kappa shape index (κ1) is 25.4. The maximum absolute atomic E-state index is 13.7. The van der Waals surface area contributed by atoms with E-state index in [4.69, 9.17) is 9.47 Å². The van der Waals surface area contributed by atoms with Gasteiger partial charge >= 0.3 is 0 Å². The molecule has 2 heterocycles. The van der Waals surface area contributed by atoms with Gasteiger partial charge in [0, 0.05) is 56.7 Å². The highest BCUT2D eigenvalue weighted by atomic mass is 19.1. The van der Waals surface area contributed by atoms with Crippen LogP contribution in [0.2, 0.25) is 0 Å². The number of para-hydroxylation sites is 1. The molecular formula is C26H35FN4O4. The molecule has 2 atom stereocenters. The normalized spacial score (nSPS) is 20.4. The molecule has 4 rings (SSSR count). The third-order valence-electron chi connectivity index (χ3n) is 6.46. The fourth-order valence-electron chi connectivity index (χ4n) is 4.54. The Hall–Kier alpha value is -2.72. The number of anilines is 2. The van der Waals surface area contributed by atoms with Crippen LogP contribution in [0.15, 0.2) is 48.5 Å². The molecule has 8 nitrogen and oxygen atoms in total.